The predicted octanol–water partition coefficient (Wildman–Crippen LogP) is 4.85. The molecule has 6 nitrogen and oxygen atoms in total. The molecular weight excluding hydrogens is 366 g/mol. The number of nitrogens with one attached hydrogen (secondary N) is 1. The van der Waals surface area contributed by atoms with Gasteiger partial charge in [0.2, 0.25) is 0 Å². The first kappa shape index (κ1) is 19.6. The van der Waals surface area contributed by atoms with Gasteiger partial charge in [0.15, 0.2) is 5.76 Å². The van der Waals surface area contributed by atoms with Crippen LogP contribution in [0, 0.1) is 13.8 Å². The van der Waals surface area contributed by atoms with Gasteiger partial charge in [0.25, 0.3) is 5.91 Å². The molecule has 3 rings (SSSR count). The summed E-state index contributed by atoms with van der Waals surface area (Å²) in [5.41, 5.74) is 1.20. The van der Waals surface area contributed by atoms with Crippen LogP contribution < -0.4 is 5.32 Å². The third-order valence-corrected chi connectivity index (χ3v) is 6.02. The van der Waals surface area contributed by atoms with E-state index < -0.39 is 11.9 Å². The van der Waals surface area contributed by atoms with Crippen LogP contribution in [0.5, 0.6) is 0 Å². The zero-order chi connectivity index (χ0) is 19.4. The highest BCUT2D eigenvalue weighted by molar-refractivity contribution is 7.16. The fraction of sp³-hybridized carbons (Fsp3) is 0.500. The number of amides is 1. The Labute approximate surface area is 162 Å². The van der Waals surface area contributed by atoms with E-state index in [9.17, 15) is 9.59 Å². The van der Waals surface area contributed by atoms with Gasteiger partial charge in [0.1, 0.15) is 17.4 Å². The Morgan fingerprint density at radius 3 is 2.67 bits per heavy atom. The zero-order valence-electron chi connectivity index (χ0n) is 15.9. The molecule has 0 unspecified atom stereocenters. The average Bonchev–Trinajstić information content (AvgIpc) is 3.25. The van der Waals surface area contributed by atoms with Crippen LogP contribution in [0.4, 0.5) is 5.00 Å². The number of anilines is 1. The van der Waals surface area contributed by atoms with Crippen LogP contribution in [0.25, 0.3) is 0 Å². The Bertz CT molecular complexity index is 816. The molecule has 0 aliphatic heterocycles. The molecular formula is C20H25NO5S. The highest BCUT2D eigenvalue weighted by Crippen LogP contribution is 2.33. The van der Waals surface area contributed by atoms with E-state index in [1.54, 1.807) is 12.1 Å². The third kappa shape index (κ3) is 4.59. The van der Waals surface area contributed by atoms with E-state index in [1.807, 2.05) is 13.8 Å². The van der Waals surface area contributed by atoms with E-state index in [4.69, 9.17) is 13.9 Å². The second-order valence-corrected chi connectivity index (χ2v) is 7.99. The van der Waals surface area contributed by atoms with Gasteiger partial charge >= 0.3 is 5.97 Å². The van der Waals surface area contributed by atoms with E-state index in [0.29, 0.717) is 22.9 Å². The molecule has 1 fully saturated rings. The summed E-state index contributed by atoms with van der Waals surface area (Å²) in [7, 11) is 1.32. The molecule has 146 valence electrons. The fourth-order valence-corrected chi connectivity index (χ4v) is 4.28. The molecule has 0 bridgehead atoms. The van der Waals surface area contributed by atoms with Crippen LogP contribution in [0.1, 0.15) is 69.2 Å². The van der Waals surface area contributed by atoms with E-state index in [0.717, 1.165) is 23.3 Å². The van der Waals surface area contributed by atoms with Crippen molar-refractivity contribution < 1.29 is 23.5 Å². The number of hydrogen-bond acceptors (Lipinski definition) is 6. The number of ether oxygens (including phenoxy) is 2. The Balaban J connectivity index is 1.64. The Hall–Kier alpha value is -2.12. The molecule has 2 aromatic heterocycles. The second kappa shape index (κ2) is 8.71. The average molecular weight is 391 g/mol. The van der Waals surface area contributed by atoms with E-state index in [2.05, 4.69) is 5.32 Å². The number of furan rings is 1. The maximum absolute atomic E-state index is 12.5. The van der Waals surface area contributed by atoms with Crippen molar-refractivity contribution in [1.82, 2.24) is 0 Å². The summed E-state index contributed by atoms with van der Waals surface area (Å²) in [4.78, 5) is 25.5. The van der Waals surface area contributed by atoms with Crippen molar-refractivity contribution in [2.45, 2.75) is 58.7 Å². The Morgan fingerprint density at radius 1 is 1.22 bits per heavy atom. The van der Waals surface area contributed by atoms with Crippen molar-refractivity contribution >= 4 is 28.2 Å². The summed E-state index contributed by atoms with van der Waals surface area (Å²) < 4.78 is 16.3. The highest BCUT2D eigenvalue weighted by atomic mass is 32.1. The number of rotatable bonds is 6. The van der Waals surface area contributed by atoms with Gasteiger partial charge in [0, 0.05) is 4.88 Å². The lowest BCUT2D eigenvalue weighted by Gasteiger charge is -2.21. The number of carbonyl (C=O) groups excluding carboxylic acids is 2. The third-order valence-electron chi connectivity index (χ3n) is 4.90. The molecule has 0 saturated heterocycles. The van der Waals surface area contributed by atoms with Gasteiger partial charge in [0.05, 0.1) is 18.8 Å². The number of esters is 1. The number of methoxy groups -OCH3 is 1. The predicted molar refractivity (Wildman–Crippen MR) is 103 cm³/mol. The number of thiophene rings is 1. The van der Waals surface area contributed by atoms with Crippen LogP contribution in [0.3, 0.4) is 0 Å². The molecule has 0 aromatic carbocycles. The van der Waals surface area contributed by atoms with Crippen LogP contribution in [0.15, 0.2) is 16.5 Å². The quantitative estimate of drug-likeness (QED) is 0.713. The van der Waals surface area contributed by atoms with Crippen LogP contribution >= 0.6 is 11.3 Å². The topological polar surface area (TPSA) is 77.8 Å². The van der Waals surface area contributed by atoms with Crippen LogP contribution in [0.2, 0.25) is 0 Å². The van der Waals surface area contributed by atoms with Crippen LogP contribution in [-0.2, 0) is 16.1 Å². The summed E-state index contributed by atoms with van der Waals surface area (Å²) in [5.74, 6) is -0.0484. The molecule has 1 aliphatic rings. The lowest BCUT2D eigenvalue weighted by atomic mass is 9.98. The maximum Gasteiger partial charge on any atom is 0.341 e. The largest absolute Gasteiger partial charge is 0.465 e. The Kier molecular flexibility index (Phi) is 6.34. The molecule has 1 N–H and O–H groups in total. The summed E-state index contributed by atoms with van der Waals surface area (Å²) in [6.07, 6.45) is 6.14. The minimum Gasteiger partial charge on any atom is -0.465 e. The lowest BCUT2D eigenvalue weighted by molar-refractivity contribution is 0.00849. The molecule has 7 heteroatoms. The first-order valence-electron chi connectivity index (χ1n) is 9.19. The molecule has 0 radical (unpaired) electrons. The van der Waals surface area contributed by atoms with E-state index in [1.165, 1.54) is 37.7 Å². The number of hydrogen-bond donors (Lipinski definition) is 1. The minimum absolute atomic E-state index is 0.191. The monoisotopic (exact) mass is 391 g/mol. The molecule has 2 heterocycles. The smallest absolute Gasteiger partial charge is 0.341 e. The van der Waals surface area contributed by atoms with Crippen molar-refractivity contribution in [3.8, 4) is 0 Å². The summed E-state index contributed by atoms with van der Waals surface area (Å²) in [6, 6.07) is 3.38. The number of carbonyl (C=O) groups is 2. The summed E-state index contributed by atoms with van der Waals surface area (Å²) in [6.45, 7) is 4.10. The highest BCUT2D eigenvalue weighted by Gasteiger charge is 2.23. The molecule has 27 heavy (non-hydrogen) atoms. The van der Waals surface area contributed by atoms with Crippen LogP contribution in [-0.4, -0.2) is 25.1 Å². The minimum atomic E-state index is -0.465. The molecule has 0 atom stereocenters. The summed E-state index contributed by atoms with van der Waals surface area (Å²) in [5, 5.41) is 3.24. The van der Waals surface area contributed by atoms with Gasteiger partial charge in [-0.05, 0) is 44.4 Å². The standard InChI is InChI=1S/C20H25NO5S/c1-12-13(2)27-19(17(12)20(23)24-3)21-18(22)16-10-9-15(26-16)11-25-14-7-5-4-6-8-14/h9-10,14H,4-8,11H2,1-3H3,(H,21,22). The van der Waals surface area contributed by atoms with E-state index in [-0.39, 0.29) is 11.9 Å². The van der Waals surface area contributed by atoms with Crippen molar-refractivity contribution in [2.24, 2.45) is 0 Å². The van der Waals surface area contributed by atoms with Gasteiger partial charge < -0.3 is 19.2 Å². The van der Waals surface area contributed by atoms with Crippen molar-refractivity contribution in [3.05, 3.63) is 39.7 Å². The van der Waals surface area contributed by atoms with Gasteiger partial charge in [-0.15, -0.1) is 11.3 Å². The molecule has 1 aliphatic carbocycles. The van der Waals surface area contributed by atoms with Crippen molar-refractivity contribution in [3.63, 3.8) is 0 Å². The molecule has 1 amide bonds. The number of aryl methyl sites for hydroxylation is 1. The van der Waals surface area contributed by atoms with Gasteiger partial charge in [-0.25, -0.2) is 4.79 Å². The first-order chi connectivity index (χ1) is 13.0. The normalized spacial score (nSPS) is 14.9. The van der Waals surface area contributed by atoms with E-state index >= 15 is 0 Å². The Morgan fingerprint density at radius 2 is 1.96 bits per heavy atom. The lowest BCUT2D eigenvalue weighted by Crippen LogP contribution is -2.16. The van der Waals surface area contributed by atoms with Gasteiger partial charge in [-0.2, -0.15) is 0 Å². The summed E-state index contributed by atoms with van der Waals surface area (Å²) >= 11 is 1.34. The van der Waals surface area contributed by atoms with Gasteiger partial charge in [-0.1, -0.05) is 19.3 Å². The first-order valence-corrected chi connectivity index (χ1v) is 10.0. The molecule has 2 aromatic rings. The van der Waals surface area contributed by atoms with Gasteiger partial charge in [-0.3, -0.25) is 4.79 Å². The second-order valence-electron chi connectivity index (χ2n) is 6.77. The van der Waals surface area contributed by atoms with Crippen molar-refractivity contribution in [1.29, 1.82) is 0 Å². The maximum atomic E-state index is 12.5. The van der Waals surface area contributed by atoms with Crippen molar-refractivity contribution in [2.75, 3.05) is 12.4 Å². The SMILES string of the molecule is COC(=O)c1c(NC(=O)c2ccc(COC3CCCCC3)o2)sc(C)c1C. The fourth-order valence-electron chi connectivity index (χ4n) is 3.24. The molecule has 0 spiro atoms. The molecule has 1 saturated carbocycles. The zero-order valence-corrected chi connectivity index (χ0v) is 16.7.